The standard InChI is InChI=1S/C13H13N3O/c1-2-17-13-10(8-14)7-9-5-3-4-6-11(9)12(15)16-13/h3-6H,2,7H2,1H3,(H2,15,16). The number of nitrogens with two attached hydrogens (primary N) is 1. The summed E-state index contributed by atoms with van der Waals surface area (Å²) in [5.74, 6) is 0.734. The Morgan fingerprint density at radius 2 is 2.24 bits per heavy atom. The molecule has 0 unspecified atom stereocenters. The van der Waals surface area contributed by atoms with E-state index in [1.165, 1.54) is 0 Å². The molecule has 0 amide bonds. The van der Waals surface area contributed by atoms with Crippen LogP contribution >= 0.6 is 0 Å². The van der Waals surface area contributed by atoms with Gasteiger partial charge in [-0.15, -0.1) is 0 Å². The van der Waals surface area contributed by atoms with Crippen LogP contribution in [0.4, 0.5) is 0 Å². The van der Waals surface area contributed by atoms with E-state index in [4.69, 9.17) is 15.7 Å². The highest BCUT2D eigenvalue weighted by molar-refractivity contribution is 6.00. The van der Waals surface area contributed by atoms with Crippen LogP contribution in [0, 0.1) is 11.3 Å². The average Bonchev–Trinajstić information content (AvgIpc) is 2.48. The van der Waals surface area contributed by atoms with Gasteiger partial charge in [0.1, 0.15) is 11.9 Å². The molecule has 0 bridgehead atoms. The summed E-state index contributed by atoms with van der Waals surface area (Å²) in [5.41, 5.74) is 8.29. The molecule has 1 aliphatic rings. The fourth-order valence-electron chi connectivity index (χ4n) is 1.77. The molecule has 1 aromatic carbocycles. The van der Waals surface area contributed by atoms with Crippen LogP contribution in [0.2, 0.25) is 0 Å². The van der Waals surface area contributed by atoms with Crippen LogP contribution in [-0.2, 0) is 11.2 Å². The van der Waals surface area contributed by atoms with E-state index in [2.05, 4.69) is 11.1 Å². The molecule has 0 saturated heterocycles. The van der Waals surface area contributed by atoms with Crippen molar-refractivity contribution in [1.29, 1.82) is 5.26 Å². The van der Waals surface area contributed by atoms with E-state index < -0.39 is 0 Å². The topological polar surface area (TPSA) is 71.4 Å². The van der Waals surface area contributed by atoms with Gasteiger partial charge in [-0.25, -0.2) is 0 Å². The van der Waals surface area contributed by atoms with Gasteiger partial charge in [0.15, 0.2) is 0 Å². The number of benzene rings is 1. The molecule has 0 fully saturated rings. The first-order valence-electron chi connectivity index (χ1n) is 5.44. The van der Waals surface area contributed by atoms with Gasteiger partial charge in [0.25, 0.3) is 0 Å². The number of aliphatic imine (C=N–C) groups is 1. The summed E-state index contributed by atoms with van der Waals surface area (Å²) in [7, 11) is 0. The fourth-order valence-corrected chi connectivity index (χ4v) is 1.77. The fraction of sp³-hybridized carbons (Fsp3) is 0.231. The highest BCUT2D eigenvalue weighted by Gasteiger charge is 2.17. The van der Waals surface area contributed by atoms with Crippen molar-refractivity contribution in [2.24, 2.45) is 10.7 Å². The Kier molecular flexibility index (Phi) is 3.10. The second kappa shape index (κ2) is 4.71. The van der Waals surface area contributed by atoms with Crippen molar-refractivity contribution in [3.63, 3.8) is 0 Å². The van der Waals surface area contributed by atoms with Gasteiger partial charge in [0.05, 0.1) is 12.2 Å². The Balaban J connectivity index is 2.54. The molecule has 4 heteroatoms. The first kappa shape index (κ1) is 11.2. The number of amidine groups is 1. The van der Waals surface area contributed by atoms with Crippen LogP contribution in [0.3, 0.4) is 0 Å². The van der Waals surface area contributed by atoms with Gasteiger partial charge in [-0.3, -0.25) is 0 Å². The maximum Gasteiger partial charge on any atom is 0.229 e. The monoisotopic (exact) mass is 227 g/mol. The first-order valence-corrected chi connectivity index (χ1v) is 5.44. The normalized spacial score (nSPS) is 14.5. The van der Waals surface area contributed by atoms with Crippen LogP contribution in [0.1, 0.15) is 18.1 Å². The number of hydrogen-bond acceptors (Lipinski definition) is 4. The molecule has 2 N–H and O–H groups in total. The second-order valence-corrected chi connectivity index (χ2v) is 3.66. The third kappa shape index (κ3) is 2.13. The Morgan fingerprint density at radius 3 is 2.94 bits per heavy atom. The maximum atomic E-state index is 9.13. The van der Waals surface area contributed by atoms with Crippen molar-refractivity contribution < 1.29 is 4.74 Å². The number of nitriles is 1. The van der Waals surface area contributed by atoms with E-state index in [1.807, 2.05) is 31.2 Å². The van der Waals surface area contributed by atoms with Gasteiger partial charge in [-0.1, -0.05) is 24.3 Å². The summed E-state index contributed by atoms with van der Waals surface area (Å²) in [6.07, 6.45) is 0.506. The highest BCUT2D eigenvalue weighted by atomic mass is 16.5. The van der Waals surface area contributed by atoms with E-state index in [0.29, 0.717) is 30.3 Å². The predicted octanol–water partition coefficient (Wildman–Crippen LogP) is 1.72. The molecular weight excluding hydrogens is 214 g/mol. The lowest BCUT2D eigenvalue weighted by Crippen LogP contribution is -2.14. The van der Waals surface area contributed by atoms with E-state index in [0.717, 1.165) is 11.1 Å². The zero-order valence-electron chi connectivity index (χ0n) is 9.60. The molecular formula is C13H13N3O. The van der Waals surface area contributed by atoms with Gasteiger partial charge < -0.3 is 10.5 Å². The third-order valence-corrected chi connectivity index (χ3v) is 2.56. The molecule has 0 radical (unpaired) electrons. The zero-order chi connectivity index (χ0) is 12.3. The summed E-state index contributed by atoms with van der Waals surface area (Å²) < 4.78 is 5.36. The zero-order valence-corrected chi connectivity index (χ0v) is 9.60. The summed E-state index contributed by atoms with van der Waals surface area (Å²) in [4.78, 5) is 4.19. The molecule has 17 heavy (non-hydrogen) atoms. The lowest BCUT2D eigenvalue weighted by atomic mass is 10.0. The van der Waals surface area contributed by atoms with Crippen molar-refractivity contribution in [3.05, 3.63) is 46.8 Å². The van der Waals surface area contributed by atoms with E-state index in [1.54, 1.807) is 0 Å². The lowest BCUT2D eigenvalue weighted by Gasteiger charge is -2.03. The van der Waals surface area contributed by atoms with Crippen molar-refractivity contribution >= 4 is 5.84 Å². The Hall–Kier alpha value is -2.28. The molecule has 0 atom stereocenters. The largest absolute Gasteiger partial charge is 0.477 e. The Morgan fingerprint density at radius 1 is 1.47 bits per heavy atom. The molecule has 1 heterocycles. The van der Waals surface area contributed by atoms with Gasteiger partial charge in [0.2, 0.25) is 5.88 Å². The van der Waals surface area contributed by atoms with Crippen LogP contribution in [0.5, 0.6) is 0 Å². The number of hydrogen-bond donors (Lipinski definition) is 1. The number of rotatable bonds is 2. The van der Waals surface area contributed by atoms with E-state index >= 15 is 0 Å². The van der Waals surface area contributed by atoms with Crippen LogP contribution in [0.15, 0.2) is 40.7 Å². The second-order valence-electron chi connectivity index (χ2n) is 3.66. The van der Waals surface area contributed by atoms with Gasteiger partial charge >= 0.3 is 0 Å². The van der Waals surface area contributed by atoms with Crippen molar-refractivity contribution in [3.8, 4) is 6.07 Å². The number of allylic oxidation sites excluding steroid dienone is 1. The van der Waals surface area contributed by atoms with Gasteiger partial charge in [-0.05, 0) is 12.5 Å². The highest BCUT2D eigenvalue weighted by Crippen LogP contribution is 2.21. The minimum atomic E-state index is 0.337. The summed E-state index contributed by atoms with van der Waals surface area (Å²) in [6.45, 7) is 2.32. The molecule has 86 valence electrons. The van der Waals surface area contributed by atoms with Crippen LogP contribution in [0.25, 0.3) is 0 Å². The molecule has 2 rings (SSSR count). The van der Waals surface area contributed by atoms with E-state index in [-0.39, 0.29) is 0 Å². The first-order chi connectivity index (χ1) is 8.26. The predicted molar refractivity (Wildman–Crippen MR) is 65.1 cm³/mol. The van der Waals surface area contributed by atoms with Gasteiger partial charge in [-0.2, -0.15) is 10.3 Å². The minimum Gasteiger partial charge on any atom is -0.477 e. The van der Waals surface area contributed by atoms with Crippen molar-refractivity contribution in [2.75, 3.05) is 6.61 Å². The molecule has 1 aromatic rings. The molecule has 1 aliphatic heterocycles. The third-order valence-electron chi connectivity index (χ3n) is 2.56. The Bertz CT molecular complexity index is 538. The van der Waals surface area contributed by atoms with Crippen LogP contribution in [-0.4, -0.2) is 12.4 Å². The molecule has 4 nitrogen and oxygen atoms in total. The van der Waals surface area contributed by atoms with Crippen molar-refractivity contribution in [2.45, 2.75) is 13.3 Å². The Labute approximate surface area is 100 Å². The van der Waals surface area contributed by atoms with Gasteiger partial charge in [0, 0.05) is 12.0 Å². The summed E-state index contributed by atoms with van der Waals surface area (Å²) in [6, 6.07) is 9.81. The quantitative estimate of drug-likeness (QED) is 0.836. The summed E-state index contributed by atoms with van der Waals surface area (Å²) >= 11 is 0. The summed E-state index contributed by atoms with van der Waals surface area (Å²) in [5, 5.41) is 9.13. The van der Waals surface area contributed by atoms with Crippen molar-refractivity contribution in [1.82, 2.24) is 0 Å². The number of ether oxygens (including phenoxy) is 1. The van der Waals surface area contributed by atoms with Crippen LogP contribution < -0.4 is 5.73 Å². The maximum absolute atomic E-state index is 9.13. The molecule has 0 spiro atoms. The lowest BCUT2D eigenvalue weighted by molar-refractivity contribution is 0.224. The smallest absolute Gasteiger partial charge is 0.229 e. The average molecular weight is 227 g/mol. The number of fused-ring (bicyclic) bond motifs is 1. The molecule has 0 aromatic heterocycles. The minimum absolute atomic E-state index is 0.337. The molecule has 0 saturated carbocycles. The number of nitrogens with zero attached hydrogens (tertiary/aromatic N) is 2. The molecule has 0 aliphatic carbocycles. The van der Waals surface area contributed by atoms with E-state index in [9.17, 15) is 0 Å². The SMILES string of the molecule is CCOC1=C(C#N)Cc2ccccc2C(N)=N1.